The molecule has 0 bridgehead atoms. The zero-order valence-corrected chi connectivity index (χ0v) is 9.78. The van der Waals surface area contributed by atoms with Crippen molar-refractivity contribution in [2.45, 2.75) is 0 Å². The summed E-state index contributed by atoms with van der Waals surface area (Å²) < 4.78 is 0. The lowest BCUT2D eigenvalue weighted by atomic mass is 10.2. The molecule has 2 rings (SSSR count). The SMILES string of the molecule is CN(C)C=Nc1nccnc1-c1ccncc1. The summed E-state index contributed by atoms with van der Waals surface area (Å²) in [5, 5.41) is 0. The molecule has 17 heavy (non-hydrogen) atoms. The van der Waals surface area contributed by atoms with Gasteiger partial charge in [-0.1, -0.05) is 0 Å². The Morgan fingerprint density at radius 3 is 2.47 bits per heavy atom. The van der Waals surface area contributed by atoms with Gasteiger partial charge in [-0.25, -0.2) is 9.98 Å². The van der Waals surface area contributed by atoms with Gasteiger partial charge in [0.1, 0.15) is 5.69 Å². The molecular formula is C12H13N5. The first kappa shape index (κ1) is 11.2. The molecule has 0 amide bonds. The van der Waals surface area contributed by atoms with Gasteiger partial charge in [-0.2, -0.15) is 0 Å². The number of aromatic nitrogens is 3. The van der Waals surface area contributed by atoms with Crippen LogP contribution in [0.2, 0.25) is 0 Å². The van der Waals surface area contributed by atoms with E-state index in [-0.39, 0.29) is 0 Å². The van der Waals surface area contributed by atoms with Crippen LogP contribution in [-0.2, 0) is 0 Å². The van der Waals surface area contributed by atoms with E-state index in [4.69, 9.17) is 0 Å². The van der Waals surface area contributed by atoms with E-state index >= 15 is 0 Å². The number of aliphatic imine (C=N–C) groups is 1. The second-order valence-electron chi connectivity index (χ2n) is 3.67. The number of nitrogens with zero attached hydrogens (tertiary/aromatic N) is 5. The van der Waals surface area contributed by atoms with E-state index in [0.29, 0.717) is 5.82 Å². The summed E-state index contributed by atoms with van der Waals surface area (Å²) in [7, 11) is 3.82. The summed E-state index contributed by atoms with van der Waals surface area (Å²) in [6.45, 7) is 0. The summed E-state index contributed by atoms with van der Waals surface area (Å²) >= 11 is 0. The molecule has 0 aliphatic carbocycles. The van der Waals surface area contributed by atoms with Crippen LogP contribution < -0.4 is 0 Å². The number of rotatable bonds is 3. The van der Waals surface area contributed by atoms with Crippen LogP contribution in [0.25, 0.3) is 11.3 Å². The molecule has 0 atom stereocenters. The minimum atomic E-state index is 0.604. The van der Waals surface area contributed by atoms with Crippen molar-refractivity contribution < 1.29 is 0 Å². The summed E-state index contributed by atoms with van der Waals surface area (Å²) in [5.74, 6) is 0.604. The summed E-state index contributed by atoms with van der Waals surface area (Å²) in [6, 6.07) is 3.78. The number of pyridine rings is 1. The van der Waals surface area contributed by atoms with E-state index in [0.717, 1.165) is 11.3 Å². The van der Waals surface area contributed by atoms with E-state index in [1.165, 1.54) is 0 Å². The zero-order valence-electron chi connectivity index (χ0n) is 9.78. The summed E-state index contributed by atoms with van der Waals surface area (Å²) in [6.07, 6.45) is 8.44. The predicted molar refractivity (Wildman–Crippen MR) is 67.1 cm³/mol. The molecule has 5 heteroatoms. The lowest BCUT2D eigenvalue weighted by molar-refractivity contribution is 0.643. The molecular weight excluding hydrogens is 214 g/mol. The van der Waals surface area contributed by atoms with Crippen molar-refractivity contribution in [2.24, 2.45) is 4.99 Å². The minimum absolute atomic E-state index is 0.604. The first-order chi connectivity index (χ1) is 8.27. The lowest BCUT2D eigenvalue weighted by Crippen LogP contribution is -2.07. The average molecular weight is 227 g/mol. The fraction of sp³-hybridized carbons (Fsp3) is 0.167. The highest BCUT2D eigenvalue weighted by Crippen LogP contribution is 2.24. The Bertz CT molecular complexity index is 507. The van der Waals surface area contributed by atoms with E-state index in [1.807, 2.05) is 31.1 Å². The van der Waals surface area contributed by atoms with Crippen LogP contribution in [0, 0.1) is 0 Å². The van der Waals surface area contributed by atoms with Crippen LogP contribution in [-0.4, -0.2) is 40.3 Å². The smallest absolute Gasteiger partial charge is 0.180 e. The fourth-order valence-corrected chi connectivity index (χ4v) is 1.31. The van der Waals surface area contributed by atoms with E-state index in [1.54, 1.807) is 31.1 Å². The van der Waals surface area contributed by atoms with Gasteiger partial charge in [0.15, 0.2) is 5.82 Å². The summed E-state index contributed by atoms with van der Waals surface area (Å²) in [5.41, 5.74) is 1.71. The largest absolute Gasteiger partial charge is 0.369 e. The van der Waals surface area contributed by atoms with Crippen molar-refractivity contribution in [3.05, 3.63) is 36.9 Å². The van der Waals surface area contributed by atoms with Crippen LogP contribution in [0.4, 0.5) is 5.82 Å². The van der Waals surface area contributed by atoms with E-state index in [2.05, 4.69) is 19.9 Å². The van der Waals surface area contributed by atoms with Crippen molar-refractivity contribution in [3.63, 3.8) is 0 Å². The van der Waals surface area contributed by atoms with Crippen molar-refractivity contribution in [1.29, 1.82) is 0 Å². The average Bonchev–Trinajstić information content (AvgIpc) is 2.38. The molecule has 0 saturated carbocycles. The summed E-state index contributed by atoms with van der Waals surface area (Å²) in [4.78, 5) is 18.6. The van der Waals surface area contributed by atoms with Gasteiger partial charge in [0.05, 0.1) is 6.34 Å². The maximum Gasteiger partial charge on any atom is 0.180 e. The molecule has 0 aromatic carbocycles. The quantitative estimate of drug-likeness (QED) is 0.592. The molecule has 0 aliphatic heterocycles. The Hall–Kier alpha value is -2.30. The molecule has 0 spiro atoms. The van der Waals surface area contributed by atoms with Crippen molar-refractivity contribution >= 4 is 12.2 Å². The molecule has 2 aromatic rings. The molecule has 0 radical (unpaired) electrons. The van der Waals surface area contributed by atoms with Gasteiger partial charge in [0.2, 0.25) is 0 Å². The highest BCUT2D eigenvalue weighted by Gasteiger charge is 2.05. The monoisotopic (exact) mass is 227 g/mol. The number of hydrogen-bond acceptors (Lipinski definition) is 4. The van der Waals surface area contributed by atoms with Crippen LogP contribution in [0.3, 0.4) is 0 Å². The molecule has 86 valence electrons. The second-order valence-corrected chi connectivity index (χ2v) is 3.67. The fourth-order valence-electron chi connectivity index (χ4n) is 1.31. The molecule has 0 saturated heterocycles. The van der Waals surface area contributed by atoms with E-state index in [9.17, 15) is 0 Å². The van der Waals surface area contributed by atoms with Crippen LogP contribution in [0.15, 0.2) is 41.9 Å². The molecule has 2 aromatic heterocycles. The van der Waals surface area contributed by atoms with Gasteiger partial charge in [-0.05, 0) is 12.1 Å². The normalized spacial score (nSPS) is 10.7. The topological polar surface area (TPSA) is 54.3 Å². The van der Waals surface area contributed by atoms with Crippen LogP contribution >= 0.6 is 0 Å². The second kappa shape index (κ2) is 5.16. The van der Waals surface area contributed by atoms with Crippen molar-refractivity contribution in [1.82, 2.24) is 19.9 Å². The van der Waals surface area contributed by atoms with Crippen LogP contribution in [0.5, 0.6) is 0 Å². The Kier molecular flexibility index (Phi) is 3.40. The lowest BCUT2D eigenvalue weighted by Gasteiger charge is -2.05. The van der Waals surface area contributed by atoms with Gasteiger partial charge in [-0.15, -0.1) is 0 Å². The molecule has 0 N–H and O–H groups in total. The highest BCUT2D eigenvalue weighted by atomic mass is 15.1. The van der Waals surface area contributed by atoms with Crippen molar-refractivity contribution in [2.75, 3.05) is 14.1 Å². The maximum absolute atomic E-state index is 4.30. The van der Waals surface area contributed by atoms with Gasteiger partial charge in [0, 0.05) is 44.4 Å². The first-order valence-electron chi connectivity index (χ1n) is 5.19. The molecule has 0 fully saturated rings. The van der Waals surface area contributed by atoms with Gasteiger partial charge >= 0.3 is 0 Å². The molecule has 0 aliphatic rings. The maximum atomic E-state index is 4.30. The van der Waals surface area contributed by atoms with Crippen molar-refractivity contribution in [3.8, 4) is 11.3 Å². The Morgan fingerprint density at radius 1 is 1.06 bits per heavy atom. The standard InChI is InChI=1S/C12H13N5/c1-17(2)9-16-12-11(14-7-8-15-12)10-3-5-13-6-4-10/h3-9H,1-2H3. The zero-order chi connectivity index (χ0) is 12.1. The van der Waals surface area contributed by atoms with Gasteiger partial charge in [0.25, 0.3) is 0 Å². The molecule has 2 heterocycles. The highest BCUT2D eigenvalue weighted by molar-refractivity contribution is 5.72. The Morgan fingerprint density at radius 2 is 1.76 bits per heavy atom. The Labute approximate surface area is 99.9 Å². The third kappa shape index (κ3) is 2.84. The predicted octanol–water partition coefficient (Wildman–Crippen LogP) is 1.76. The third-order valence-electron chi connectivity index (χ3n) is 2.04. The van der Waals surface area contributed by atoms with Gasteiger partial charge < -0.3 is 4.90 Å². The third-order valence-corrected chi connectivity index (χ3v) is 2.04. The molecule has 0 unspecified atom stereocenters. The van der Waals surface area contributed by atoms with Crippen LogP contribution in [0.1, 0.15) is 0 Å². The van der Waals surface area contributed by atoms with E-state index < -0.39 is 0 Å². The first-order valence-corrected chi connectivity index (χ1v) is 5.19. The van der Waals surface area contributed by atoms with Gasteiger partial charge in [-0.3, -0.25) is 9.97 Å². The Balaban J connectivity index is 2.41. The number of hydrogen-bond donors (Lipinski definition) is 0. The molecule has 5 nitrogen and oxygen atoms in total. The minimum Gasteiger partial charge on any atom is -0.369 e.